The normalized spacial score (nSPS) is 10.5. The van der Waals surface area contributed by atoms with Crippen LogP contribution in [0.15, 0.2) is 66.9 Å². The Kier molecular flexibility index (Phi) is 4.29. The Balaban J connectivity index is 1.90. The fraction of sp³-hybridized carbons (Fsp3) is 0.100. The van der Waals surface area contributed by atoms with E-state index < -0.39 is 0 Å². The van der Waals surface area contributed by atoms with Gasteiger partial charge in [0.05, 0.1) is 11.9 Å². The molecule has 0 unspecified atom stereocenters. The summed E-state index contributed by atoms with van der Waals surface area (Å²) in [7, 11) is 0. The van der Waals surface area contributed by atoms with E-state index >= 15 is 0 Å². The van der Waals surface area contributed by atoms with Gasteiger partial charge in [-0.1, -0.05) is 54.1 Å². The largest absolute Gasteiger partial charge is 0.294 e. The molecule has 3 heteroatoms. The van der Waals surface area contributed by atoms with Crippen molar-refractivity contribution in [3.05, 3.63) is 89.4 Å². The average Bonchev–Trinajstić information content (AvgIpc) is 2.57. The Morgan fingerprint density at radius 3 is 2.43 bits per heavy atom. The van der Waals surface area contributed by atoms with Gasteiger partial charge in [0, 0.05) is 17.5 Å². The Bertz CT molecular complexity index is 823. The van der Waals surface area contributed by atoms with Gasteiger partial charge in [-0.25, -0.2) is 4.39 Å². The lowest BCUT2D eigenvalue weighted by atomic mass is 9.96. The van der Waals surface area contributed by atoms with Gasteiger partial charge in [-0.05, 0) is 24.6 Å². The number of hydrogen-bond donors (Lipinski definition) is 0. The monoisotopic (exact) mass is 305 g/mol. The van der Waals surface area contributed by atoms with Crippen molar-refractivity contribution in [2.75, 3.05) is 0 Å². The molecule has 0 aliphatic carbocycles. The Morgan fingerprint density at radius 2 is 1.74 bits per heavy atom. The van der Waals surface area contributed by atoms with Crippen LogP contribution in [0, 0.1) is 12.7 Å². The van der Waals surface area contributed by atoms with Crippen molar-refractivity contribution >= 4 is 5.78 Å². The van der Waals surface area contributed by atoms with E-state index in [1.54, 1.807) is 6.07 Å². The number of halogens is 1. The number of nitrogens with zero attached hydrogens (tertiary/aromatic N) is 1. The first kappa shape index (κ1) is 15.1. The lowest BCUT2D eigenvalue weighted by Crippen LogP contribution is -2.05. The van der Waals surface area contributed by atoms with Crippen LogP contribution in [0.2, 0.25) is 0 Å². The number of hydrogen-bond acceptors (Lipinski definition) is 2. The highest BCUT2D eigenvalue weighted by Crippen LogP contribution is 2.23. The van der Waals surface area contributed by atoms with Gasteiger partial charge in [0.1, 0.15) is 5.82 Å². The van der Waals surface area contributed by atoms with Gasteiger partial charge in [-0.2, -0.15) is 0 Å². The summed E-state index contributed by atoms with van der Waals surface area (Å²) in [5.41, 5.74) is 4.22. The van der Waals surface area contributed by atoms with E-state index in [2.05, 4.69) is 4.98 Å². The second-order valence-electron chi connectivity index (χ2n) is 5.48. The Hall–Kier alpha value is -2.81. The predicted octanol–water partition coefficient (Wildman–Crippen LogP) is 4.62. The molecule has 0 radical (unpaired) electrons. The average molecular weight is 305 g/mol. The van der Waals surface area contributed by atoms with E-state index in [9.17, 15) is 9.18 Å². The first-order valence-corrected chi connectivity index (χ1v) is 7.43. The van der Waals surface area contributed by atoms with Crippen molar-refractivity contribution in [1.82, 2.24) is 4.98 Å². The van der Waals surface area contributed by atoms with E-state index in [4.69, 9.17) is 0 Å². The van der Waals surface area contributed by atoms with Crippen LogP contribution < -0.4 is 0 Å². The predicted molar refractivity (Wildman–Crippen MR) is 88.8 cm³/mol. The zero-order valence-corrected chi connectivity index (χ0v) is 12.8. The van der Waals surface area contributed by atoms with Crippen LogP contribution in [0.4, 0.5) is 4.39 Å². The molecule has 0 saturated carbocycles. The highest BCUT2D eigenvalue weighted by atomic mass is 19.1. The molecule has 0 aliphatic heterocycles. The number of ketones is 1. The Labute approximate surface area is 134 Å². The summed E-state index contributed by atoms with van der Waals surface area (Å²) in [6.45, 7) is 1.99. The zero-order chi connectivity index (χ0) is 16.2. The number of pyridine rings is 1. The van der Waals surface area contributed by atoms with Crippen LogP contribution in [-0.4, -0.2) is 10.8 Å². The molecule has 0 atom stereocenters. The molecule has 2 nitrogen and oxygen atoms in total. The summed E-state index contributed by atoms with van der Waals surface area (Å²) in [6, 6.07) is 18.1. The fourth-order valence-corrected chi connectivity index (χ4v) is 2.47. The molecule has 0 amide bonds. The summed E-state index contributed by atoms with van der Waals surface area (Å²) in [5.74, 6) is -0.318. The molecule has 0 bridgehead atoms. The van der Waals surface area contributed by atoms with Gasteiger partial charge < -0.3 is 0 Å². The van der Waals surface area contributed by atoms with Crippen molar-refractivity contribution in [1.29, 1.82) is 0 Å². The SMILES string of the molecule is Cc1ccc(C(=O)Cc2ccccc2-c2ccc(F)cn2)cc1. The fourth-order valence-electron chi connectivity index (χ4n) is 2.47. The van der Waals surface area contributed by atoms with Crippen LogP contribution in [0.3, 0.4) is 0 Å². The van der Waals surface area contributed by atoms with Gasteiger partial charge in [0.2, 0.25) is 0 Å². The molecule has 23 heavy (non-hydrogen) atoms. The molecule has 0 fully saturated rings. The maximum atomic E-state index is 13.1. The van der Waals surface area contributed by atoms with Gasteiger partial charge >= 0.3 is 0 Å². The summed E-state index contributed by atoms with van der Waals surface area (Å²) in [6.07, 6.45) is 1.48. The molecular formula is C20H16FNO. The molecule has 1 aromatic heterocycles. The molecule has 3 aromatic rings. The minimum Gasteiger partial charge on any atom is -0.294 e. The van der Waals surface area contributed by atoms with Gasteiger partial charge in [-0.3, -0.25) is 9.78 Å². The zero-order valence-electron chi connectivity index (χ0n) is 12.8. The van der Waals surface area contributed by atoms with Crippen molar-refractivity contribution in [2.45, 2.75) is 13.3 Å². The first-order valence-electron chi connectivity index (χ1n) is 7.43. The summed E-state index contributed by atoms with van der Waals surface area (Å²) in [4.78, 5) is 16.6. The molecule has 2 aromatic carbocycles. The van der Waals surface area contributed by atoms with Crippen LogP contribution in [0.25, 0.3) is 11.3 Å². The number of benzene rings is 2. The van der Waals surface area contributed by atoms with Crippen molar-refractivity contribution < 1.29 is 9.18 Å². The number of rotatable bonds is 4. The molecule has 0 N–H and O–H groups in total. The number of aromatic nitrogens is 1. The molecule has 1 heterocycles. The van der Waals surface area contributed by atoms with E-state index in [1.165, 1.54) is 12.3 Å². The highest BCUT2D eigenvalue weighted by molar-refractivity contribution is 5.98. The minimum atomic E-state index is -0.373. The number of aryl methyl sites for hydroxylation is 1. The molecule has 0 saturated heterocycles. The molecule has 0 aliphatic rings. The van der Waals surface area contributed by atoms with Gasteiger partial charge in [-0.15, -0.1) is 0 Å². The second-order valence-corrected chi connectivity index (χ2v) is 5.48. The Morgan fingerprint density at radius 1 is 1.00 bits per heavy atom. The smallest absolute Gasteiger partial charge is 0.167 e. The van der Waals surface area contributed by atoms with Crippen molar-refractivity contribution in [3.63, 3.8) is 0 Å². The molecule has 3 rings (SSSR count). The summed E-state index contributed by atoms with van der Waals surface area (Å²) >= 11 is 0. The maximum absolute atomic E-state index is 13.1. The minimum absolute atomic E-state index is 0.0551. The van der Waals surface area contributed by atoms with Crippen LogP contribution in [0.5, 0.6) is 0 Å². The van der Waals surface area contributed by atoms with Gasteiger partial charge in [0.25, 0.3) is 0 Å². The first-order chi connectivity index (χ1) is 11.1. The van der Waals surface area contributed by atoms with Crippen LogP contribution in [-0.2, 0) is 6.42 Å². The summed E-state index contributed by atoms with van der Waals surface area (Å²) < 4.78 is 13.1. The molecule has 0 spiro atoms. The molecular weight excluding hydrogens is 289 g/mol. The highest BCUT2D eigenvalue weighted by Gasteiger charge is 2.12. The summed E-state index contributed by atoms with van der Waals surface area (Å²) in [5, 5.41) is 0. The van der Waals surface area contributed by atoms with E-state index in [0.29, 0.717) is 11.3 Å². The lowest BCUT2D eigenvalue weighted by molar-refractivity contribution is 0.0993. The van der Waals surface area contributed by atoms with E-state index in [-0.39, 0.29) is 18.0 Å². The van der Waals surface area contributed by atoms with Crippen LogP contribution in [0.1, 0.15) is 21.5 Å². The van der Waals surface area contributed by atoms with Gasteiger partial charge in [0.15, 0.2) is 5.78 Å². The third-order valence-electron chi connectivity index (χ3n) is 3.75. The third kappa shape index (κ3) is 3.51. The standard InChI is InChI=1S/C20H16FNO/c1-14-6-8-15(9-7-14)20(23)12-16-4-2-3-5-18(16)19-11-10-17(21)13-22-19/h2-11,13H,12H2,1H3. The maximum Gasteiger partial charge on any atom is 0.167 e. The second kappa shape index (κ2) is 6.53. The van der Waals surface area contributed by atoms with E-state index in [1.807, 2.05) is 55.5 Å². The number of carbonyl (C=O) groups is 1. The topological polar surface area (TPSA) is 30.0 Å². The van der Waals surface area contributed by atoms with Crippen molar-refractivity contribution in [3.8, 4) is 11.3 Å². The lowest BCUT2D eigenvalue weighted by Gasteiger charge is -2.09. The van der Waals surface area contributed by atoms with Crippen molar-refractivity contribution in [2.24, 2.45) is 0 Å². The number of Topliss-reactive ketones (excluding diaryl/α,β-unsaturated/α-hetero) is 1. The molecule has 114 valence electrons. The third-order valence-corrected chi connectivity index (χ3v) is 3.75. The van der Waals surface area contributed by atoms with Crippen LogP contribution >= 0.6 is 0 Å². The quantitative estimate of drug-likeness (QED) is 0.658. The number of carbonyl (C=O) groups excluding carboxylic acids is 1. The van der Waals surface area contributed by atoms with E-state index in [0.717, 1.165) is 16.7 Å².